The van der Waals surface area contributed by atoms with Crippen molar-refractivity contribution in [2.45, 2.75) is 27.7 Å². The molecule has 0 spiro atoms. The number of carbonyl (C=O) groups is 1. The predicted molar refractivity (Wildman–Crippen MR) is 83.0 cm³/mol. The molecule has 0 aromatic heterocycles. The molecular formula is C15H20N5O+. The number of benzene rings is 1. The standard InChI is InChI=1S/C15H19N5O/c1-5-20(6-2)19-12-7-8-13(10(3)9-12)16-14-11(4)17-18-15(14)21/h7-9H,5-6H2,1-4H3/p+1. The molecule has 2 rings (SSSR count). The third kappa shape index (κ3) is 3.39. The van der Waals surface area contributed by atoms with E-state index in [-0.39, 0.29) is 5.91 Å². The summed E-state index contributed by atoms with van der Waals surface area (Å²) in [4.78, 5) is 16.0. The second-order valence-corrected chi connectivity index (χ2v) is 4.81. The Bertz CT molecular complexity index is 652. The van der Waals surface area contributed by atoms with Crippen LogP contribution in [0.4, 0.5) is 11.4 Å². The average Bonchev–Trinajstić information content (AvgIpc) is 2.79. The Morgan fingerprint density at radius 1 is 1.24 bits per heavy atom. The molecule has 1 aromatic carbocycles. The average molecular weight is 286 g/mol. The molecular weight excluding hydrogens is 266 g/mol. The van der Waals surface area contributed by atoms with Crippen LogP contribution in [0.2, 0.25) is 0 Å². The van der Waals surface area contributed by atoms with Crippen LogP contribution in [0.5, 0.6) is 0 Å². The van der Waals surface area contributed by atoms with Crippen molar-refractivity contribution >= 4 is 28.7 Å². The molecule has 1 aliphatic heterocycles. The third-order valence-electron chi connectivity index (χ3n) is 3.28. The quantitative estimate of drug-likeness (QED) is 0.671. The first-order chi connectivity index (χ1) is 10.0. The van der Waals surface area contributed by atoms with Gasteiger partial charge in [0.25, 0.3) is 5.91 Å². The summed E-state index contributed by atoms with van der Waals surface area (Å²) < 4.78 is 1.99. The van der Waals surface area contributed by atoms with Crippen molar-refractivity contribution in [1.29, 1.82) is 0 Å². The van der Waals surface area contributed by atoms with Crippen LogP contribution in [0.1, 0.15) is 26.3 Å². The Morgan fingerprint density at radius 2 is 1.95 bits per heavy atom. The molecule has 1 amide bonds. The van der Waals surface area contributed by atoms with Gasteiger partial charge in [0, 0.05) is 0 Å². The smallest absolute Gasteiger partial charge is 0.265 e. The van der Waals surface area contributed by atoms with Gasteiger partial charge >= 0.3 is 0 Å². The van der Waals surface area contributed by atoms with E-state index in [0.717, 1.165) is 30.0 Å². The molecule has 0 aliphatic carbocycles. The highest BCUT2D eigenvalue weighted by molar-refractivity contribution is 6.68. The number of nitrogens with zero attached hydrogens (tertiary/aromatic N) is 4. The van der Waals surface area contributed by atoms with E-state index in [1.165, 1.54) is 0 Å². The van der Waals surface area contributed by atoms with Crippen molar-refractivity contribution in [2.75, 3.05) is 13.1 Å². The van der Waals surface area contributed by atoms with Gasteiger partial charge in [-0.2, -0.15) is 5.10 Å². The number of rotatable bonds is 4. The van der Waals surface area contributed by atoms with Crippen LogP contribution < -0.4 is 5.43 Å². The molecule has 1 aliphatic rings. The molecule has 6 nitrogen and oxygen atoms in total. The first kappa shape index (κ1) is 15.0. The number of azo groups is 2. The molecule has 6 heteroatoms. The number of nitrogens with one attached hydrogen (secondary N) is 1. The lowest BCUT2D eigenvalue weighted by molar-refractivity contribution is -0.583. The summed E-state index contributed by atoms with van der Waals surface area (Å²) in [6.07, 6.45) is 0. The molecule has 1 heterocycles. The van der Waals surface area contributed by atoms with Gasteiger partial charge in [-0.1, -0.05) is 0 Å². The summed E-state index contributed by atoms with van der Waals surface area (Å²) in [5.41, 5.74) is 6.00. The van der Waals surface area contributed by atoms with Gasteiger partial charge in [0.05, 0.1) is 11.4 Å². The molecule has 110 valence electrons. The molecule has 21 heavy (non-hydrogen) atoms. The van der Waals surface area contributed by atoms with E-state index in [0.29, 0.717) is 11.4 Å². The van der Waals surface area contributed by atoms with Crippen LogP contribution in [0, 0.1) is 6.92 Å². The van der Waals surface area contributed by atoms with Crippen LogP contribution in [0.3, 0.4) is 0 Å². The van der Waals surface area contributed by atoms with E-state index in [4.69, 9.17) is 0 Å². The Hall–Kier alpha value is -2.37. The number of hydrogen-bond acceptors (Lipinski definition) is 4. The van der Waals surface area contributed by atoms with Crippen LogP contribution in [-0.4, -0.2) is 35.1 Å². The van der Waals surface area contributed by atoms with E-state index < -0.39 is 0 Å². The fourth-order valence-electron chi connectivity index (χ4n) is 2.01. The molecule has 0 atom stereocenters. The predicted octanol–water partition coefficient (Wildman–Crippen LogP) is 2.71. The van der Waals surface area contributed by atoms with Gasteiger partial charge in [-0.05, 0) is 56.6 Å². The first-order valence-corrected chi connectivity index (χ1v) is 7.06. The largest absolute Gasteiger partial charge is 0.291 e. The fourth-order valence-corrected chi connectivity index (χ4v) is 2.01. The molecule has 1 aromatic rings. The van der Waals surface area contributed by atoms with Crippen molar-refractivity contribution in [3.05, 3.63) is 23.8 Å². The normalized spacial score (nSPS) is 15.9. The van der Waals surface area contributed by atoms with E-state index in [9.17, 15) is 4.79 Å². The van der Waals surface area contributed by atoms with Crippen molar-refractivity contribution in [3.8, 4) is 0 Å². The highest BCUT2D eigenvalue weighted by Crippen LogP contribution is 2.25. The Labute approximate surface area is 124 Å². The number of hydrazone groups is 1. The fraction of sp³-hybridized carbons (Fsp3) is 0.400. The van der Waals surface area contributed by atoms with Crippen LogP contribution >= 0.6 is 0 Å². The highest BCUT2D eigenvalue weighted by atomic mass is 16.2. The van der Waals surface area contributed by atoms with Crippen LogP contribution in [0.15, 0.2) is 33.4 Å². The van der Waals surface area contributed by atoms with Gasteiger partial charge in [-0.3, -0.25) is 4.79 Å². The minimum atomic E-state index is -0.260. The van der Waals surface area contributed by atoms with Gasteiger partial charge in [0.1, 0.15) is 5.69 Å². The lowest BCUT2D eigenvalue weighted by Gasteiger charge is -2.02. The Kier molecular flexibility index (Phi) is 4.57. The second-order valence-electron chi connectivity index (χ2n) is 4.81. The Balaban J connectivity index is 2.33. The summed E-state index contributed by atoms with van der Waals surface area (Å²) in [5.74, 6) is -0.260. The van der Waals surface area contributed by atoms with Crippen LogP contribution in [-0.2, 0) is 4.79 Å². The van der Waals surface area contributed by atoms with Crippen LogP contribution in [0.25, 0.3) is 0 Å². The van der Waals surface area contributed by atoms with Gasteiger partial charge < -0.3 is 0 Å². The number of aliphatic imine (C=N–C) groups is 1. The lowest BCUT2D eigenvalue weighted by Crippen LogP contribution is -2.21. The first-order valence-electron chi connectivity index (χ1n) is 7.06. The third-order valence-corrected chi connectivity index (χ3v) is 3.28. The minimum Gasteiger partial charge on any atom is -0.265 e. The van der Waals surface area contributed by atoms with Gasteiger partial charge in [0.15, 0.2) is 18.8 Å². The maximum atomic E-state index is 11.6. The second kappa shape index (κ2) is 6.39. The van der Waals surface area contributed by atoms with E-state index in [1.807, 2.05) is 29.8 Å². The zero-order valence-corrected chi connectivity index (χ0v) is 12.8. The number of carbonyl (C=O) groups excluding carboxylic acids is 1. The van der Waals surface area contributed by atoms with E-state index >= 15 is 0 Å². The molecule has 1 N–H and O–H groups in total. The summed E-state index contributed by atoms with van der Waals surface area (Å²) in [6.45, 7) is 9.60. The number of hydrogen-bond donors (Lipinski definition) is 1. The monoisotopic (exact) mass is 286 g/mol. The van der Waals surface area contributed by atoms with E-state index in [1.54, 1.807) is 6.92 Å². The number of amides is 1. The van der Waals surface area contributed by atoms with Gasteiger partial charge in [-0.15, -0.1) is 4.70 Å². The van der Waals surface area contributed by atoms with Crippen molar-refractivity contribution in [1.82, 2.24) is 5.43 Å². The van der Waals surface area contributed by atoms with Gasteiger partial charge in [-0.25, -0.2) is 10.4 Å². The molecule has 0 unspecified atom stereocenters. The molecule has 0 bridgehead atoms. The lowest BCUT2D eigenvalue weighted by atomic mass is 10.1. The maximum absolute atomic E-state index is 11.6. The molecule has 0 radical (unpaired) electrons. The number of aryl methyl sites for hydroxylation is 1. The molecule has 0 saturated heterocycles. The zero-order chi connectivity index (χ0) is 15.4. The van der Waals surface area contributed by atoms with Crippen molar-refractivity contribution < 1.29 is 9.49 Å². The molecule has 0 fully saturated rings. The Morgan fingerprint density at radius 3 is 2.48 bits per heavy atom. The van der Waals surface area contributed by atoms with Crippen molar-refractivity contribution in [2.24, 2.45) is 15.2 Å². The summed E-state index contributed by atoms with van der Waals surface area (Å²) >= 11 is 0. The SMILES string of the molecule is CC[N+](CC)=Nc1ccc(N=C2C(=O)NN=C2C)c(C)c1. The summed E-state index contributed by atoms with van der Waals surface area (Å²) in [5, 5.41) is 8.41. The maximum Gasteiger partial charge on any atom is 0.291 e. The highest BCUT2D eigenvalue weighted by Gasteiger charge is 2.21. The summed E-state index contributed by atoms with van der Waals surface area (Å²) in [6, 6.07) is 5.75. The summed E-state index contributed by atoms with van der Waals surface area (Å²) in [7, 11) is 0. The minimum absolute atomic E-state index is 0.260. The molecule has 0 saturated carbocycles. The zero-order valence-electron chi connectivity index (χ0n) is 12.8. The van der Waals surface area contributed by atoms with Crippen molar-refractivity contribution in [3.63, 3.8) is 0 Å². The topological polar surface area (TPSA) is 69.2 Å². The van der Waals surface area contributed by atoms with E-state index in [2.05, 4.69) is 34.5 Å². The van der Waals surface area contributed by atoms with Gasteiger partial charge in [0.2, 0.25) is 0 Å².